The predicted octanol–water partition coefficient (Wildman–Crippen LogP) is 3.88. The highest BCUT2D eigenvalue weighted by Gasteiger charge is 2.36. The first-order valence-corrected chi connectivity index (χ1v) is 20.6. The second-order valence-electron chi connectivity index (χ2n) is 14.7. The number of nitrogens with zero attached hydrogens (tertiary/aromatic N) is 6. The number of hydrogen-bond donors (Lipinski definition) is 1. The van der Waals surface area contributed by atoms with Crippen LogP contribution in [0.3, 0.4) is 0 Å². The Balaban J connectivity index is 0.000000240. The monoisotopic (exact) mass is 862 g/mol. The summed E-state index contributed by atoms with van der Waals surface area (Å²) in [5.74, 6) is 1.18. The van der Waals surface area contributed by atoms with Gasteiger partial charge in [-0.1, -0.05) is 18.2 Å². The van der Waals surface area contributed by atoms with Gasteiger partial charge in [0.25, 0.3) is 5.82 Å². The summed E-state index contributed by atoms with van der Waals surface area (Å²) >= 11 is 0. The van der Waals surface area contributed by atoms with Crippen molar-refractivity contribution in [2.75, 3.05) is 56.8 Å². The Bertz CT molecular complexity index is 2140. The number of rotatable bonds is 13. The molecule has 2 unspecified atom stereocenters. The predicted molar refractivity (Wildman–Crippen MR) is 239 cm³/mol. The van der Waals surface area contributed by atoms with Gasteiger partial charge in [0.15, 0.2) is 0 Å². The number of fused-ring (bicyclic) bond motifs is 1. The fraction of sp³-hybridized carbons (Fsp3) is 0.400. The average Bonchev–Trinajstić information content (AvgIpc) is 3.96. The number of pyridine rings is 4. The van der Waals surface area contributed by atoms with Gasteiger partial charge in [-0.3, -0.25) is 24.5 Å². The lowest BCUT2D eigenvalue weighted by atomic mass is 9.96. The summed E-state index contributed by atoms with van der Waals surface area (Å²) in [6.07, 6.45) is 9.41. The Hall–Kier alpha value is -6.10. The second-order valence-corrected chi connectivity index (χ2v) is 14.7. The second kappa shape index (κ2) is 24.5. The van der Waals surface area contributed by atoms with Crippen LogP contribution in [0.15, 0.2) is 85.2 Å². The number of anilines is 2. The van der Waals surface area contributed by atoms with Crippen LogP contribution in [-0.2, 0) is 44.6 Å². The molecule has 63 heavy (non-hydrogen) atoms. The molecule has 4 aromatic heterocycles. The summed E-state index contributed by atoms with van der Waals surface area (Å²) < 4.78 is 33.1. The van der Waals surface area contributed by atoms with Crippen molar-refractivity contribution < 1.29 is 53.9 Å². The summed E-state index contributed by atoms with van der Waals surface area (Å²) in [5, 5.41) is 8.80. The highest BCUT2D eigenvalue weighted by Crippen LogP contribution is 2.23. The van der Waals surface area contributed by atoms with Crippen LogP contribution in [0.25, 0.3) is 24.3 Å². The van der Waals surface area contributed by atoms with Gasteiger partial charge in [-0.2, -0.15) is 0 Å². The van der Waals surface area contributed by atoms with Gasteiger partial charge in [0.2, 0.25) is 0 Å². The van der Waals surface area contributed by atoms with E-state index >= 15 is 0 Å². The van der Waals surface area contributed by atoms with E-state index in [0.717, 1.165) is 36.0 Å². The van der Waals surface area contributed by atoms with E-state index in [1.165, 1.54) is 25.4 Å². The average molecular weight is 863 g/mol. The third-order valence-electron chi connectivity index (χ3n) is 9.81. The Morgan fingerprint density at radius 1 is 0.825 bits per heavy atom. The van der Waals surface area contributed by atoms with Crippen molar-refractivity contribution in [2.45, 2.75) is 69.7 Å². The molecule has 0 aliphatic carbocycles. The van der Waals surface area contributed by atoms with Crippen LogP contribution >= 0.6 is 0 Å². The number of carbonyl (C=O) groups excluding carboxylic acids is 3. The van der Waals surface area contributed by atoms with E-state index in [2.05, 4.69) is 61.8 Å². The number of aliphatic hydroxyl groups is 1. The molecule has 2 fully saturated rings. The maximum Gasteiger partial charge on any atom is 0.508 e. The van der Waals surface area contributed by atoms with Gasteiger partial charge in [0.05, 0.1) is 37.3 Å². The van der Waals surface area contributed by atoms with Crippen molar-refractivity contribution >= 4 is 69.7 Å². The van der Waals surface area contributed by atoms with Crippen molar-refractivity contribution in [1.82, 2.24) is 15.0 Å². The number of hydrogen-bond acceptors (Lipinski definition) is 15. The minimum atomic E-state index is -0.839. The van der Waals surface area contributed by atoms with E-state index in [-0.39, 0.29) is 27.2 Å². The fourth-order valence-electron chi connectivity index (χ4n) is 6.72. The maximum absolute atomic E-state index is 11.9. The van der Waals surface area contributed by atoms with Crippen LogP contribution in [0.2, 0.25) is 0 Å². The maximum atomic E-state index is 11.9. The van der Waals surface area contributed by atoms with E-state index < -0.39 is 48.5 Å². The topological polar surface area (TPSA) is 176 Å². The number of esters is 2. The molecule has 4 aromatic rings. The highest BCUT2D eigenvalue weighted by atomic mass is 16.7. The summed E-state index contributed by atoms with van der Waals surface area (Å²) in [5.41, 5.74) is 3.83. The molecule has 6 atom stereocenters. The first kappa shape index (κ1) is 47.9. The molecule has 2 saturated heterocycles. The van der Waals surface area contributed by atoms with Crippen molar-refractivity contribution in [3.05, 3.63) is 108 Å². The lowest BCUT2D eigenvalue weighted by molar-refractivity contribution is -0.672. The zero-order chi connectivity index (χ0) is 45.1. The van der Waals surface area contributed by atoms with Crippen LogP contribution in [-0.4, -0.2) is 137 Å². The third-order valence-corrected chi connectivity index (χ3v) is 9.81. The number of aliphatic hydroxyl groups excluding tert-OH is 1. The Morgan fingerprint density at radius 3 is 2.03 bits per heavy atom. The molecule has 3 aliphatic heterocycles. The Morgan fingerprint density at radius 2 is 1.41 bits per heavy atom. The molecule has 0 spiro atoms. The molecule has 0 amide bonds. The van der Waals surface area contributed by atoms with Gasteiger partial charge in [0.1, 0.15) is 77.9 Å². The van der Waals surface area contributed by atoms with Gasteiger partial charge in [-0.15, -0.1) is 0 Å². The summed E-state index contributed by atoms with van der Waals surface area (Å²) in [6, 6.07) is 22.7. The number of carbonyl (C=O) groups is 3. The highest BCUT2D eigenvalue weighted by molar-refractivity contribution is 6.11. The first-order valence-electron chi connectivity index (χ1n) is 20.6. The molecular weight excluding hydrogens is 806 g/mol. The van der Waals surface area contributed by atoms with Crippen molar-refractivity contribution in [2.24, 2.45) is 0 Å². The number of ether oxygens (including phenoxy) is 6. The van der Waals surface area contributed by atoms with E-state index in [1.54, 1.807) is 6.20 Å². The molecule has 1 N–H and O–H groups in total. The molecule has 3 aliphatic rings. The van der Waals surface area contributed by atoms with E-state index in [4.69, 9.17) is 49.2 Å². The quantitative estimate of drug-likeness (QED) is 0.0887. The van der Waals surface area contributed by atoms with Gasteiger partial charge in [-0.25, -0.2) is 14.3 Å². The molecule has 7 heterocycles. The van der Waals surface area contributed by atoms with E-state index in [0.29, 0.717) is 19.4 Å². The van der Waals surface area contributed by atoms with Crippen molar-refractivity contribution in [1.29, 1.82) is 0 Å². The standard InChI is InChI=1S/C23H26BN3O6.C15H16N3.C7H11BO4.H2/c1-16(28)32-19-14-21(24)33-20(19)15-31-23(29)30-13-12-27(2)22-8-5-7-18(26-22)10-9-17-6-3-4-11-25-17;1-17-11-12-18-14(6-4-7-15(17)18)9-8-13-5-2-3-10-16-13;1-4(10)11-5-2-7(8)12-6(5)3-9;/h3-11,19-21H,12-15H2,1-2H3;2-10H,11-12H2,1H3;5-7,9H,2-3H2,1H3;1H/q;+1;;/b10-9+;9-8+;;/t19?,20-,21-;;5?,6-,7-;/m1.1./s1/i;;;1+1. The van der Waals surface area contributed by atoms with E-state index in [9.17, 15) is 14.4 Å². The van der Waals surface area contributed by atoms with Crippen molar-refractivity contribution in [3.8, 4) is 0 Å². The lowest BCUT2D eigenvalue weighted by Crippen LogP contribution is -2.34. The largest absolute Gasteiger partial charge is 0.508 e. The van der Waals surface area contributed by atoms with Gasteiger partial charge >= 0.3 is 18.1 Å². The molecule has 0 bridgehead atoms. The normalized spacial score (nSPS) is 21.1. The number of likely N-dealkylation sites (N-methyl/N-ethyl adjacent to an activating group) is 2. The van der Waals surface area contributed by atoms with E-state index in [1.807, 2.05) is 84.9 Å². The van der Waals surface area contributed by atoms with Crippen LogP contribution in [0.5, 0.6) is 0 Å². The first-order chi connectivity index (χ1) is 30.4. The Labute approximate surface area is 372 Å². The van der Waals surface area contributed by atoms with Gasteiger partial charge in [0, 0.05) is 65.6 Å². The van der Waals surface area contributed by atoms with Crippen molar-refractivity contribution in [3.63, 3.8) is 0 Å². The molecule has 0 saturated carbocycles. The summed E-state index contributed by atoms with van der Waals surface area (Å²) in [4.78, 5) is 50.9. The minimum absolute atomic E-state index is 0. The third kappa shape index (κ3) is 15.6. The smallest absolute Gasteiger partial charge is 0.460 e. The molecular formula is C45H55B2N6O10+. The lowest BCUT2D eigenvalue weighted by Gasteiger charge is -2.19. The summed E-state index contributed by atoms with van der Waals surface area (Å²) in [7, 11) is 15.1. The minimum Gasteiger partial charge on any atom is -0.460 e. The van der Waals surface area contributed by atoms with Gasteiger partial charge in [-0.05, 0) is 72.8 Å². The fourth-order valence-corrected chi connectivity index (χ4v) is 6.72. The van der Waals surface area contributed by atoms with Crippen LogP contribution in [0.1, 0.15) is 50.9 Å². The summed E-state index contributed by atoms with van der Waals surface area (Å²) in [6.45, 7) is 4.97. The molecule has 18 heteroatoms. The van der Waals surface area contributed by atoms with Crippen LogP contribution < -0.4 is 14.4 Å². The van der Waals surface area contributed by atoms with Gasteiger partial charge < -0.3 is 38.4 Å². The Kier molecular flexibility index (Phi) is 18.7. The zero-order valence-corrected chi connectivity index (χ0v) is 36.0. The molecule has 16 nitrogen and oxygen atoms in total. The molecule has 7 rings (SSSR count). The molecule has 4 radical (unpaired) electrons. The number of aromatic nitrogens is 4. The molecule has 0 aromatic carbocycles. The molecule has 330 valence electrons. The SMILES string of the molecule is CN1CC[n+]2c(/C=C/c3ccccn3)cccc21.[2HH].[B][C@H]1CC(OC(C)=O)[C@@H](CO)O1.[B][C@H]1CC(OC(C)=O)[C@@H](COC(=O)OCCN(C)c2cccc(/C=C/c3ccccn3)n2)O1. The van der Waals surface area contributed by atoms with Crippen LogP contribution in [0.4, 0.5) is 16.4 Å². The van der Waals surface area contributed by atoms with Crippen LogP contribution in [0, 0.1) is 0 Å². The zero-order valence-electron chi connectivity index (χ0n) is 36.0.